The molecule has 0 bridgehead atoms. The lowest BCUT2D eigenvalue weighted by atomic mass is 9.48. The van der Waals surface area contributed by atoms with Gasteiger partial charge in [0.25, 0.3) is 0 Å². The second-order valence-electron chi connectivity index (χ2n) is 10.3. The molecule has 8 unspecified atom stereocenters. The standard InChI is InChI=1S/C23H37NO3S/c1-21(8-5-16(26)12-15(21)14-25)18-6-9-22(2)19(17(18)13-24)7-10-23(22,27)20-4-3-11-28-20/h3-4,11,15-19,25-27H,5-10,12-14,24H2,1-2H3. The first kappa shape index (κ1) is 20.8. The van der Waals surface area contributed by atoms with Gasteiger partial charge in [0.2, 0.25) is 0 Å². The van der Waals surface area contributed by atoms with Crippen molar-refractivity contribution in [2.45, 2.75) is 70.5 Å². The third-order valence-corrected chi connectivity index (χ3v) is 10.4. The van der Waals surface area contributed by atoms with E-state index in [1.165, 1.54) is 0 Å². The van der Waals surface area contributed by atoms with Crippen molar-refractivity contribution in [1.29, 1.82) is 0 Å². The van der Waals surface area contributed by atoms with E-state index in [1.54, 1.807) is 11.3 Å². The highest BCUT2D eigenvalue weighted by molar-refractivity contribution is 7.10. The Morgan fingerprint density at radius 2 is 1.89 bits per heavy atom. The monoisotopic (exact) mass is 407 g/mol. The molecule has 28 heavy (non-hydrogen) atoms. The van der Waals surface area contributed by atoms with Crippen LogP contribution < -0.4 is 5.73 Å². The van der Waals surface area contributed by atoms with Crippen LogP contribution in [0.25, 0.3) is 0 Å². The smallest absolute Gasteiger partial charge is 0.104 e. The van der Waals surface area contributed by atoms with Crippen molar-refractivity contribution < 1.29 is 15.3 Å². The van der Waals surface area contributed by atoms with Crippen molar-refractivity contribution in [1.82, 2.24) is 0 Å². The highest BCUT2D eigenvalue weighted by Crippen LogP contribution is 2.67. The third-order valence-electron chi connectivity index (χ3n) is 9.36. The van der Waals surface area contributed by atoms with Gasteiger partial charge in [0.05, 0.1) is 6.10 Å². The van der Waals surface area contributed by atoms with Gasteiger partial charge >= 0.3 is 0 Å². The maximum absolute atomic E-state index is 11.8. The Balaban J connectivity index is 1.66. The predicted octanol–water partition coefficient (Wildman–Crippen LogP) is 3.50. The van der Waals surface area contributed by atoms with Crippen LogP contribution in [-0.2, 0) is 5.60 Å². The summed E-state index contributed by atoms with van der Waals surface area (Å²) in [6, 6.07) is 4.13. The molecule has 0 amide bonds. The van der Waals surface area contributed by atoms with E-state index >= 15 is 0 Å². The van der Waals surface area contributed by atoms with Gasteiger partial charge in [0, 0.05) is 16.9 Å². The number of hydrogen-bond donors (Lipinski definition) is 4. The fourth-order valence-electron chi connectivity index (χ4n) is 7.54. The summed E-state index contributed by atoms with van der Waals surface area (Å²) in [4.78, 5) is 1.10. The Morgan fingerprint density at radius 3 is 2.54 bits per heavy atom. The minimum atomic E-state index is -0.746. The lowest BCUT2D eigenvalue weighted by Gasteiger charge is -2.58. The normalized spacial score (nSPS) is 49.1. The van der Waals surface area contributed by atoms with E-state index in [9.17, 15) is 15.3 Å². The molecular weight excluding hydrogens is 370 g/mol. The molecule has 0 spiro atoms. The van der Waals surface area contributed by atoms with E-state index in [4.69, 9.17) is 5.73 Å². The molecule has 0 aliphatic heterocycles. The molecule has 0 radical (unpaired) electrons. The fourth-order valence-corrected chi connectivity index (χ4v) is 8.53. The van der Waals surface area contributed by atoms with Crippen LogP contribution in [0.3, 0.4) is 0 Å². The Kier molecular flexibility index (Phi) is 5.46. The average Bonchev–Trinajstić information content (AvgIpc) is 3.31. The summed E-state index contributed by atoms with van der Waals surface area (Å²) in [5.74, 6) is 1.36. The Labute approximate surface area is 173 Å². The number of aliphatic hydroxyl groups excluding tert-OH is 2. The molecule has 3 saturated carbocycles. The van der Waals surface area contributed by atoms with Gasteiger partial charge in [-0.3, -0.25) is 0 Å². The van der Waals surface area contributed by atoms with E-state index in [-0.39, 0.29) is 29.5 Å². The van der Waals surface area contributed by atoms with E-state index in [1.807, 2.05) is 6.07 Å². The van der Waals surface area contributed by atoms with Gasteiger partial charge in [-0.25, -0.2) is 0 Å². The summed E-state index contributed by atoms with van der Waals surface area (Å²) in [7, 11) is 0. The second-order valence-corrected chi connectivity index (χ2v) is 11.2. The van der Waals surface area contributed by atoms with E-state index in [2.05, 4.69) is 25.3 Å². The summed E-state index contributed by atoms with van der Waals surface area (Å²) in [6.45, 7) is 5.40. The largest absolute Gasteiger partial charge is 0.396 e. The highest BCUT2D eigenvalue weighted by atomic mass is 32.1. The summed E-state index contributed by atoms with van der Waals surface area (Å²) < 4.78 is 0. The van der Waals surface area contributed by atoms with Gasteiger partial charge in [0.15, 0.2) is 0 Å². The molecule has 3 fully saturated rings. The number of hydrogen-bond acceptors (Lipinski definition) is 5. The maximum atomic E-state index is 11.8. The van der Waals surface area contributed by atoms with Gasteiger partial charge in [-0.05, 0) is 92.0 Å². The van der Waals surface area contributed by atoms with Crippen LogP contribution in [0.4, 0.5) is 0 Å². The number of rotatable bonds is 4. The van der Waals surface area contributed by atoms with Crippen LogP contribution in [0.15, 0.2) is 17.5 Å². The summed E-state index contributed by atoms with van der Waals surface area (Å²) >= 11 is 1.67. The van der Waals surface area contributed by atoms with Gasteiger partial charge in [0.1, 0.15) is 5.60 Å². The molecule has 1 heterocycles. The van der Waals surface area contributed by atoms with E-state index in [0.29, 0.717) is 30.7 Å². The Bertz CT molecular complexity index is 681. The van der Waals surface area contributed by atoms with Crippen LogP contribution in [0, 0.1) is 34.5 Å². The van der Waals surface area contributed by atoms with Gasteiger partial charge < -0.3 is 21.1 Å². The lowest BCUT2D eigenvalue weighted by Crippen LogP contribution is -2.55. The molecule has 4 nitrogen and oxygen atoms in total. The van der Waals surface area contributed by atoms with Gasteiger partial charge in [-0.2, -0.15) is 0 Å². The lowest BCUT2D eigenvalue weighted by molar-refractivity contribution is -0.143. The van der Waals surface area contributed by atoms with Crippen LogP contribution in [0.2, 0.25) is 0 Å². The molecule has 0 aromatic carbocycles. The van der Waals surface area contributed by atoms with E-state index < -0.39 is 5.60 Å². The summed E-state index contributed by atoms with van der Waals surface area (Å²) in [5, 5.41) is 34.1. The SMILES string of the molecule is CC1(C2CCC3(C)C(CCC3(O)c3cccs3)C2CN)CCC(O)CC1CO. The van der Waals surface area contributed by atoms with Crippen molar-refractivity contribution in [3.05, 3.63) is 22.4 Å². The molecule has 4 rings (SSSR count). The minimum Gasteiger partial charge on any atom is -0.396 e. The number of fused-ring (bicyclic) bond motifs is 1. The second kappa shape index (κ2) is 7.35. The zero-order valence-electron chi connectivity index (χ0n) is 17.3. The van der Waals surface area contributed by atoms with Gasteiger partial charge in [-0.1, -0.05) is 19.9 Å². The van der Waals surface area contributed by atoms with Crippen molar-refractivity contribution in [2.24, 2.45) is 40.2 Å². The molecule has 5 heteroatoms. The first-order valence-electron chi connectivity index (χ1n) is 11.1. The van der Waals surface area contributed by atoms with Crippen LogP contribution in [0.5, 0.6) is 0 Å². The van der Waals surface area contributed by atoms with Crippen molar-refractivity contribution >= 4 is 11.3 Å². The van der Waals surface area contributed by atoms with Crippen LogP contribution >= 0.6 is 11.3 Å². The molecular formula is C23H37NO3S. The zero-order valence-corrected chi connectivity index (χ0v) is 18.1. The van der Waals surface area contributed by atoms with E-state index in [0.717, 1.165) is 43.4 Å². The fraction of sp³-hybridized carbons (Fsp3) is 0.826. The predicted molar refractivity (Wildman–Crippen MR) is 113 cm³/mol. The Hall–Kier alpha value is -0.460. The molecule has 8 atom stereocenters. The highest BCUT2D eigenvalue weighted by Gasteiger charge is 2.64. The number of aliphatic hydroxyl groups is 3. The molecule has 1 aromatic rings. The summed E-state index contributed by atoms with van der Waals surface area (Å²) in [6.07, 6.45) is 6.08. The number of nitrogens with two attached hydrogens (primary N) is 1. The maximum Gasteiger partial charge on any atom is 0.104 e. The van der Waals surface area contributed by atoms with Gasteiger partial charge in [-0.15, -0.1) is 11.3 Å². The molecule has 3 aliphatic rings. The summed E-state index contributed by atoms with van der Waals surface area (Å²) in [5.41, 5.74) is 5.53. The number of thiophene rings is 1. The van der Waals surface area contributed by atoms with Crippen molar-refractivity contribution in [3.8, 4) is 0 Å². The topological polar surface area (TPSA) is 86.7 Å². The first-order valence-corrected chi connectivity index (χ1v) is 11.9. The van der Waals surface area contributed by atoms with Crippen molar-refractivity contribution in [3.63, 3.8) is 0 Å². The average molecular weight is 408 g/mol. The van der Waals surface area contributed by atoms with Crippen LogP contribution in [0.1, 0.15) is 63.7 Å². The molecule has 158 valence electrons. The van der Waals surface area contributed by atoms with Crippen LogP contribution in [-0.4, -0.2) is 34.6 Å². The quantitative estimate of drug-likeness (QED) is 0.615. The minimum absolute atomic E-state index is 0.0168. The zero-order chi connectivity index (χ0) is 20.2. The molecule has 1 aromatic heterocycles. The first-order chi connectivity index (χ1) is 13.3. The third kappa shape index (κ3) is 2.84. The molecule has 5 N–H and O–H groups in total. The van der Waals surface area contributed by atoms with Crippen molar-refractivity contribution in [2.75, 3.05) is 13.2 Å². The molecule has 0 saturated heterocycles. The molecule has 3 aliphatic carbocycles. The Morgan fingerprint density at radius 1 is 1.14 bits per heavy atom.